The first-order valence-electron chi connectivity index (χ1n) is 8.96. The molecule has 0 saturated heterocycles. The Morgan fingerprint density at radius 3 is 2.50 bits per heavy atom. The van der Waals surface area contributed by atoms with Crippen LogP contribution < -0.4 is 10.6 Å². The van der Waals surface area contributed by atoms with E-state index in [0.717, 1.165) is 47.7 Å². The van der Waals surface area contributed by atoms with E-state index >= 15 is 0 Å². The summed E-state index contributed by atoms with van der Waals surface area (Å²) in [4.78, 5) is 4.71. The predicted molar refractivity (Wildman–Crippen MR) is 126 cm³/mol. The van der Waals surface area contributed by atoms with Gasteiger partial charge in [0.25, 0.3) is 0 Å². The van der Waals surface area contributed by atoms with Crippen molar-refractivity contribution in [1.82, 2.24) is 20.4 Å². The molecule has 2 aromatic heterocycles. The first-order chi connectivity index (χ1) is 13.2. The Labute approximate surface area is 191 Å². The van der Waals surface area contributed by atoms with Crippen molar-refractivity contribution in [3.63, 3.8) is 0 Å². The number of benzene rings is 1. The van der Waals surface area contributed by atoms with Crippen LogP contribution in [0.3, 0.4) is 0 Å². The molecule has 0 amide bonds. The number of halogens is 2. The standard InChI is InChI=1S/C20H24BrN5O.HI/c1-26-18(9-13-25-26)8-11-22-20(23-12-10-19-3-2-14-27-19)24-15-16-4-6-17(21)7-5-16;/h2-7,9,13-14H,8,10-12,15H2,1H3,(H2,22,23,24);1H. The highest BCUT2D eigenvalue weighted by molar-refractivity contribution is 14.0. The molecule has 6 nitrogen and oxygen atoms in total. The molecule has 2 heterocycles. The van der Waals surface area contributed by atoms with E-state index in [0.29, 0.717) is 6.54 Å². The number of hydrogen-bond acceptors (Lipinski definition) is 3. The van der Waals surface area contributed by atoms with E-state index in [1.807, 2.05) is 48.3 Å². The summed E-state index contributed by atoms with van der Waals surface area (Å²) in [5, 5.41) is 11.0. The van der Waals surface area contributed by atoms with Crippen LogP contribution >= 0.6 is 39.9 Å². The second-order valence-corrected chi connectivity index (χ2v) is 7.09. The lowest BCUT2D eigenvalue weighted by atomic mass is 10.2. The molecule has 150 valence electrons. The van der Waals surface area contributed by atoms with E-state index in [-0.39, 0.29) is 24.0 Å². The Morgan fingerprint density at radius 1 is 1.11 bits per heavy atom. The van der Waals surface area contributed by atoms with Gasteiger partial charge in [-0.2, -0.15) is 5.10 Å². The summed E-state index contributed by atoms with van der Waals surface area (Å²) in [5.74, 6) is 1.76. The van der Waals surface area contributed by atoms with Gasteiger partial charge in [-0.05, 0) is 35.9 Å². The maximum atomic E-state index is 5.38. The molecule has 0 radical (unpaired) electrons. The van der Waals surface area contributed by atoms with Crippen molar-refractivity contribution in [2.75, 3.05) is 13.1 Å². The molecule has 0 atom stereocenters. The quantitative estimate of drug-likeness (QED) is 0.250. The summed E-state index contributed by atoms with van der Waals surface area (Å²) in [7, 11) is 1.96. The highest BCUT2D eigenvalue weighted by Gasteiger charge is 2.03. The SMILES string of the molecule is Cn1nccc1CCNC(=NCc1ccc(Br)cc1)NCCc1ccco1.I. The topological polar surface area (TPSA) is 67.4 Å². The Hall–Kier alpha value is -1.81. The van der Waals surface area contributed by atoms with Crippen molar-refractivity contribution in [1.29, 1.82) is 0 Å². The lowest BCUT2D eigenvalue weighted by molar-refractivity contribution is 0.506. The number of nitrogens with zero attached hydrogens (tertiary/aromatic N) is 3. The zero-order valence-electron chi connectivity index (χ0n) is 15.8. The molecule has 3 rings (SSSR count). The summed E-state index contributed by atoms with van der Waals surface area (Å²) >= 11 is 3.46. The van der Waals surface area contributed by atoms with E-state index in [4.69, 9.17) is 9.41 Å². The molecule has 0 fully saturated rings. The summed E-state index contributed by atoms with van der Waals surface area (Å²) in [6.07, 6.45) is 5.21. The fourth-order valence-corrected chi connectivity index (χ4v) is 2.91. The third-order valence-corrected chi connectivity index (χ3v) is 4.70. The third kappa shape index (κ3) is 7.31. The van der Waals surface area contributed by atoms with Crippen molar-refractivity contribution in [2.24, 2.45) is 12.0 Å². The van der Waals surface area contributed by atoms with Gasteiger partial charge in [0.15, 0.2) is 5.96 Å². The van der Waals surface area contributed by atoms with Crippen LogP contribution in [0.25, 0.3) is 0 Å². The van der Waals surface area contributed by atoms with Gasteiger partial charge in [-0.3, -0.25) is 4.68 Å². The van der Waals surface area contributed by atoms with Crippen LogP contribution in [0, 0.1) is 0 Å². The monoisotopic (exact) mass is 557 g/mol. The number of guanidine groups is 1. The molecule has 3 aromatic rings. The van der Waals surface area contributed by atoms with Gasteiger partial charge in [-0.25, -0.2) is 4.99 Å². The van der Waals surface area contributed by atoms with Crippen LogP contribution in [0.15, 0.2) is 68.8 Å². The zero-order chi connectivity index (χ0) is 18.9. The molecule has 0 aliphatic rings. The number of aliphatic imine (C=N–C) groups is 1. The van der Waals surface area contributed by atoms with Crippen LogP contribution in [0.4, 0.5) is 0 Å². The van der Waals surface area contributed by atoms with E-state index < -0.39 is 0 Å². The lowest BCUT2D eigenvalue weighted by Gasteiger charge is -2.12. The zero-order valence-corrected chi connectivity index (χ0v) is 19.7. The predicted octanol–water partition coefficient (Wildman–Crippen LogP) is 3.91. The number of rotatable bonds is 8. The van der Waals surface area contributed by atoms with Gasteiger partial charge in [0.05, 0.1) is 12.8 Å². The molecule has 0 bridgehead atoms. The summed E-state index contributed by atoms with van der Waals surface area (Å²) in [6.45, 7) is 2.16. The van der Waals surface area contributed by atoms with Crippen LogP contribution in [0.1, 0.15) is 17.0 Å². The maximum absolute atomic E-state index is 5.38. The summed E-state index contributed by atoms with van der Waals surface area (Å²) in [5.41, 5.74) is 2.35. The van der Waals surface area contributed by atoms with E-state index in [1.54, 1.807) is 6.26 Å². The van der Waals surface area contributed by atoms with Crippen molar-refractivity contribution >= 4 is 45.9 Å². The van der Waals surface area contributed by atoms with E-state index in [1.165, 1.54) is 5.69 Å². The fraction of sp³-hybridized carbons (Fsp3) is 0.300. The second kappa shape index (κ2) is 11.9. The highest BCUT2D eigenvalue weighted by Crippen LogP contribution is 2.11. The molecule has 8 heteroatoms. The Morgan fingerprint density at radius 2 is 1.86 bits per heavy atom. The molecular weight excluding hydrogens is 533 g/mol. The molecule has 2 N–H and O–H groups in total. The summed E-state index contributed by atoms with van der Waals surface area (Å²) < 4.78 is 8.35. The lowest BCUT2D eigenvalue weighted by Crippen LogP contribution is -2.39. The molecule has 0 aliphatic heterocycles. The average molecular weight is 558 g/mol. The molecule has 0 saturated carbocycles. The van der Waals surface area contributed by atoms with E-state index in [2.05, 4.69) is 43.8 Å². The molecule has 0 aliphatic carbocycles. The minimum absolute atomic E-state index is 0. The Bertz CT molecular complexity index is 846. The van der Waals surface area contributed by atoms with Crippen LogP contribution in [0.2, 0.25) is 0 Å². The van der Waals surface area contributed by atoms with Crippen molar-refractivity contribution in [3.05, 3.63) is 76.4 Å². The van der Waals surface area contributed by atoms with Gasteiger partial charge in [0, 0.05) is 49.3 Å². The van der Waals surface area contributed by atoms with Gasteiger partial charge in [0.1, 0.15) is 5.76 Å². The highest BCUT2D eigenvalue weighted by atomic mass is 127. The van der Waals surface area contributed by atoms with Crippen molar-refractivity contribution in [2.45, 2.75) is 19.4 Å². The number of hydrogen-bond donors (Lipinski definition) is 2. The van der Waals surface area contributed by atoms with Crippen LogP contribution in [0.5, 0.6) is 0 Å². The van der Waals surface area contributed by atoms with Crippen LogP contribution in [-0.2, 0) is 26.4 Å². The van der Waals surface area contributed by atoms with Gasteiger partial charge >= 0.3 is 0 Å². The minimum atomic E-state index is 0. The average Bonchev–Trinajstić information content (AvgIpc) is 3.33. The number of aryl methyl sites for hydroxylation is 1. The minimum Gasteiger partial charge on any atom is -0.469 e. The Kier molecular flexibility index (Phi) is 9.56. The Balaban J connectivity index is 0.00000280. The number of furan rings is 1. The van der Waals surface area contributed by atoms with Crippen molar-refractivity contribution in [3.8, 4) is 0 Å². The molecule has 0 spiro atoms. The molecule has 0 unspecified atom stereocenters. The van der Waals surface area contributed by atoms with Gasteiger partial charge in [-0.1, -0.05) is 28.1 Å². The summed E-state index contributed by atoms with van der Waals surface area (Å²) in [6, 6.07) is 14.1. The first kappa shape index (κ1) is 22.5. The van der Waals surface area contributed by atoms with Crippen molar-refractivity contribution < 1.29 is 4.42 Å². The van der Waals surface area contributed by atoms with Gasteiger partial charge < -0.3 is 15.1 Å². The van der Waals surface area contributed by atoms with Gasteiger partial charge in [0.2, 0.25) is 0 Å². The van der Waals surface area contributed by atoms with E-state index in [9.17, 15) is 0 Å². The largest absolute Gasteiger partial charge is 0.469 e. The smallest absolute Gasteiger partial charge is 0.191 e. The molecule has 28 heavy (non-hydrogen) atoms. The normalized spacial score (nSPS) is 11.1. The maximum Gasteiger partial charge on any atom is 0.191 e. The first-order valence-corrected chi connectivity index (χ1v) is 9.76. The molecular formula is C20H25BrIN5O. The van der Waals surface area contributed by atoms with Gasteiger partial charge in [-0.15, -0.1) is 24.0 Å². The molecule has 1 aromatic carbocycles. The number of nitrogens with one attached hydrogen (secondary N) is 2. The third-order valence-electron chi connectivity index (χ3n) is 4.17. The van der Waals surface area contributed by atoms with Crippen LogP contribution in [-0.4, -0.2) is 28.8 Å². The number of aromatic nitrogens is 2. The fourth-order valence-electron chi connectivity index (χ4n) is 2.65. The second-order valence-electron chi connectivity index (χ2n) is 6.17.